The van der Waals surface area contributed by atoms with E-state index < -0.39 is 11.9 Å². The summed E-state index contributed by atoms with van der Waals surface area (Å²) in [5, 5.41) is 0. The Bertz CT molecular complexity index is 263. The fraction of sp³-hybridized carbons (Fsp3) is 0.333. The van der Waals surface area contributed by atoms with Gasteiger partial charge in [-0.1, -0.05) is 0 Å². The third-order valence-corrected chi connectivity index (χ3v) is 1.06. The molecule has 1 aromatic rings. The van der Waals surface area contributed by atoms with Crippen LogP contribution in [0.1, 0.15) is 17.3 Å². The van der Waals surface area contributed by atoms with Crippen LogP contribution < -0.4 is 0 Å². The van der Waals surface area contributed by atoms with Gasteiger partial charge in [0.2, 0.25) is 5.76 Å². The zero-order valence-corrected chi connectivity index (χ0v) is 5.70. The summed E-state index contributed by atoms with van der Waals surface area (Å²) >= 11 is 0. The van der Waals surface area contributed by atoms with E-state index in [1.807, 2.05) is 0 Å². The molecular formula is C6H5F3NO. The summed E-state index contributed by atoms with van der Waals surface area (Å²) in [6, 6.07) is 0. The summed E-state index contributed by atoms with van der Waals surface area (Å²) in [7, 11) is 0. The van der Waals surface area contributed by atoms with E-state index >= 15 is 0 Å². The van der Waals surface area contributed by atoms with Gasteiger partial charge < -0.3 is 4.42 Å². The zero-order chi connectivity index (χ0) is 8.65. The molecular weight excluding hydrogens is 159 g/mol. The highest BCUT2D eigenvalue weighted by atomic mass is 19.4. The number of alkyl halides is 3. The first-order valence-corrected chi connectivity index (χ1v) is 2.78. The molecule has 0 fully saturated rings. The number of hydrogen-bond acceptors (Lipinski definition) is 2. The Labute approximate surface area is 61.0 Å². The molecule has 2 nitrogen and oxygen atoms in total. The Balaban J connectivity index is 3.13. The normalized spacial score (nSPS) is 12.1. The quantitative estimate of drug-likeness (QED) is 0.587. The van der Waals surface area contributed by atoms with Gasteiger partial charge in [0.15, 0.2) is 5.89 Å². The Morgan fingerprint density at radius 1 is 1.45 bits per heavy atom. The van der Waals surface area contributed by atoms with E-state index in [-0.39, 0.29) is 11.6 Å². The van der Waals surface area contributed by atoms with E-state index in [0.29, 0.717) is 0 Å². The maximum absolute atomic E-state index is 11.9. The van der Waals surface area contributed by atoms with E-state index in [4.69, 9.17) is 0 Å². The topological polar surface area (TPSA) is 26.0 Å². The molecule has 1 aromatic heterocycles. The first-order valence-electron chi connectivity index (χ1n) is 2.78. The number of rotatable bonds is 0. The number of halogens is 3. The molecule has 0 unspecified atom stereocenters. The predicted octanol–water partition coefficient (Wildman–Crippen LogP) is 2.18. The van der Waals surface area contributed by atoms with Crippen LogP contribution in [-0.2, 0) is 6.18 Å². The monoisotopic (exact) mass is 164 g/mol. The van der Waals surface area contributed by atoms with Crippen LogP contribution >= 0.6 is 0 Å². The minimum Gasteiger partial charge on any atom is -0.436 e. The molecule has 0 aromatic carbocycles. The fourth-order valence-corrected chi connectivity index (χ4v) is 0.692. The van der Waals surface area contributed by atoms with Crippen LogP contribution in [0.4, 0.5) is 13.2 Å². The molecule has 0 aliphatic carbocycles. The van der Waals surface area contributed by atoms with Crippen molar-refractivity contribution in [3.63, 3.8) is 0 Å². The second-order valence-corrected chi connectivity index (χ2v) is 2.01. The molecule has 0 atom stereocenters. The fourth-order valence-electron chi connectivity index (χ4n) is 0.692. The molecule has 0 saturated carbocycles. The molecule has 1 rings (SSSR count). The van der Waals surface area contributed by atoms with Gasteiger partial charge >= 0.3 is 6.18 Å². The number of hydrogen-bond donors (Lipinski definition) is 0. The van der Waals surface area contributed by atoms with Gasteiger partial charge in [-0.05, 0) is 6.92 Å². The number of aromatic nitrogens is 1. The van der Waals surface area contributed by atoms with E-state index in [1.54, 1.807) is 0 Å². The highest BCUT2D eigenvalue weighted by molar-refractivity contribution is 5.15. The average molecular weight is 164 g/mol. The summed E-state index contributed by atoms with van der Waals surface area (Å²) in [5.41, 5.74) is -0.366. The molecule has 61 valence electrons. The lowest BCUT2D eigenvalue weighted by atomic mass is 10.4. The third-order valence-electron chi connectivity index (χ3n) is 1.06. The second-order valence-electron chi connectivity index (χ2n) is 2.01. The highest BCUT2D eigenvalue weighted by Gasteiger charge is 2.37. The summed E-state index contributed by atoms with van der Waals surface area (Å²) < 4.78 is 39.9. The van der Waals surface area contributed by atoms with Crippen molar-refractivity contribution in [2.45, 2.75) is 13.1 Å². The minimum atomic E-state index is -4.49. The van der Waals surface area contributed by atoms with Gasteiger partial charge in [-0.15, -0.1) is 0 Å². The van der Waals surface area contributed by atoms with Crippen molar-refractivity contribution in [3.05, 3.63) is 24.3 Å². The number of nitrogens with zero attached hydrogens (tertiary/aromatic N) is 1. The summed E-state index contributed by atoms with van der Waals surface area (Å²) in [6.07, 6.45) is -4.49. The van der Waals surface area contributed by atoms with Crippen LogP contribution in [0.5, 0.6) is 0 Å². The summed E-state index contributed by atoms with van der Waals surface area (Å²) in [5.74, 6) is -1.14. The van der Waals surface area contributed by atoms with E-state index in [9.17, 15) is 13.2 Å². The van der Waals surface area contributed by atoms with Crippen LogP contribution in [0, 0.1) is 13.8 Å². The molecule has 1 radical (unpaired) electrons. The van der Waals surface area contributed by atoms with Gasteiger partial charge in [0.1, 0.15) is 0 Å². The molecule has 0 amide bonds. The molecule has 1 heterocycles. The van der Waals surface area contributed by atoms with Crippen molar-refractivity contribution < 1.29 is 17.6 Å². The molecule has 0 aliphatic rings. The Kier molecular flexibility index (Phi) is 1.66. The first kappa shape index (κ1) is 8.10. The maximum atomic E-state index is 11.9. The van der Waals surface area contributed by atoms with Crippen LogP contribution in [0.3, 0.4) is 0 Å². The SMILES string of the molecule is [CH2]c1nc(C)oc1C(F)(F)F. The lowest BCUT2D eigenvalue weighted by Gasteiger charge is -2.00. The third kappa shape index (κ3) is 1.53. The first-order chi connectivity index (χ1) is 4.91. The zero-order valence-electron chi connectivity index (χ0n) is 5.70. The summed E-state index contributed by atoms with van der Waals surface area (Å²) in [4.78, 5) is 3.38. The molecule has 0 aliphatic heterocycles. The molecule has 0 bridgehead atoms. The van der Waals surface area contributed by atoms with Crippen LogP contribution in [0.25, 0.3) is 0 Å². The molecule has 0 N–H and O–H groups in total. The standard InChI is InChI=1S/C6H5F3NO/c1-3-5(6(7,8)9)11-4(2)10-3/h1H2,2H3. The van der Waals surface area contributed by atoms with Gasteiger partial charge in [0.25, 0.3) is 0 Å². The smallest absolute Gasteiger partial charge is 0.436 e. The summed E-state index contributed by atoms with van der Waals surface area (Å²) in [6.45, 7) is 4.42. The average Bonchev–Trinajstić information content (AvgIpc) is 2.08. The van der Waals surface area contributed by atoms with Crippen LogP contribution in [0.15, 0.2) is 4.42 Å². The van der Waals surface area contributed by atoms with Crippen molar-refractivity contribution in [1.29, 1.82) is 0 Å². The maximum Gasteiger partial charge on any atom is 0.451 e. The highest BCUT2D eigenvalue weighted by Crippen LogP contribution is 2.31. The van der Waals surface area contributed by atoms with E-state index in [2.05, 4.69) is 16.3 Å². The van der Waals surface area contributed by atoms with Gasteiger partial charge in [-0.25, -0.2) is 4.98 Å². The van der Waals surface area contributed by atoms with Crippen LogP contribution in [0.2, 0.25) is 0 Å². The number of aryl methyl sites for hydroxylation is 1. The minimum absolute atomic E-state index is 0.0256. The molecule has 0 spiro atoms. The van der Waals surface area contributed by atoms with Gasteiger partial charge in [-0.2, -0.15) is 13.2 Å². The number of oxazole rings is 1. The lowest BCUT2D eigenvalue weighted by molar-refractivity contribution is -0.153. The van der Waals surface area contributed by atoms with Gasteiger partial charge in [0.05, 0.1) is 5.69 Å². The largest absolute Gasteiger partial charge is 0.451 e. The molecule has 5 heteroatoms. The van der Waals surface area contributed by atoms with Gasteiger partial charge in [-0.3, -0.25) is 0 Å². The predicted molar refractivity (Wildman–Crippen MR) is 30.7 cm³/mol. The van der Waals surface area contributed by atoms with Crippen molar-refractivity contribution in [2.24, 2.45) is 0 Å². The van der Waals surface area contributed by atoms with Crippen molar-refractivity contribution in [1.82, 2.24) is 4.98 Å². The van der Waals surface area contributed by atoms with Crippen molar-refractivity contribution in [3.8, 4) is 0 Å². The lowest BCUT2D eigenvalue weighted by Crippen LogP contribution is -2.04. The van der Waals surface area contributed by atoms with E-state index in [0.717, 1.165) is 0 Å². The second kappa shape index (κ2) is 2.25. The van der Waals surface area contributed by atoms with Gasteiger partial charge in [0, 0.05) is 6.92 Å². The Morgan fingerprint density at radius 2 is 2.00 bits per heavy atom. The van der Waals surface area contributed by atoms with Crippen LogP contribution in [-0.4, -0.2) is 4.98 Å². The molecule has 11 heavy (non-hydrogen) atoms. The van der Waals surface area contributed by atoms with Crippen molar-refractivity contribution in [2.75, 3.05) is 0 Å². The Morgan fingerprint density at radius 3 is 2.18 bits per heavy atom. The van der Waals surface area contributed by atoms with Crippen molar-refractivity contribution >= 4 is 0 Å². The molecule has 0 saturated heterocycles. The Hall–Kier alpha value is -1.00. The van der Waals surface area contributed by atoms with E-state index in [1.165, 1.54) is 6.92 Å².